The number of aliphatic hydroxyl groups is 1. The van der Waals surface area contributed by atoms with Gasteiger partial charge in [-0.05, 0) is 19.4 Å². The van der Waals surface area contributed by atoms with E-state index < -0.39 is 42.0 Å². The first-order valence-electron chi connectivity index (χ1n) is 7.53. The summed E-state index contributed by atoms with van der Waals surface area (Å²) in [4.78, 5) is 35.1. The van der Waals surface area contributed by atoms with E-state index in [1.54, 1.807) is 30.3 Å². The summed E-state index contributed by atoms with van der Waals surface area (Å²) in [5, 5.41) is 23.2. The van der Waals surface area contributed by atoms with Crippen molar-refractivity contribution in [3.63, 3.8) is 0 Å². The van der Waals surface area contributed by atoms with Gasteiger partial charge in [0.15, 0.2) is 0 Å². The van der Waals surface area contributed by atoms with Crippen molar-refractivity contribution in [3.8, 4) is 0 Å². The molecule has 0 aliphatic carbocycles. The van der Waals surface area contributed by atoms with E-state index in [0.717, 1.165) is 5.56 Å². The normalized spacial score (nSPS) is 15.7. The molecule has 0 aliphatic heterocycles. The van der Waals surface area contributed by atoms with Crippen molar-refractivity contribution < 1.29 is 24.6 Å². The van der Waals surface area contributed by atoms with Gasteiger partial charge < -0.3 is 26.6 Å². The molecule has 4 unspecified atom stereocenters. The number of nitrogens with one attached hydrogen (secondary N) is 2. The van der Waals surface area contributed by atoms with E-state index in [4.69, 9.17) is 5.73 Å². The van der Waals surface area contributed by atoms with Gasteiger partial charge in [0.25, 0.3) is 0 Å². The molecular formula is C16H23N3O5. The molecule has 0 saturated carbocycles. The summed E-state index contributed by atoms with van der Waals surface area (Å²) < 4.78 is 0. The fourth-order valence-corrected chi connectivity index (χ4v) is 1.94. The van der Waals surface area contributed by atoms with E-state index in [9.17, 15) is 24.6 Å². The Morgan fingerprint density at radius 1 is 1.08 bits per heavy atom. The number of carbonyl (C=O) groups excluding carboxylic acids is 2. The first kappa shape index (κ1) is 19.6. The Labute approximate surface area is 140 Å². The lowest BCUT2D eigenvalue weighted by atomic mass is 10.1. The van der Waals surface area contributed by atoms with Gasteiger partial charge >= 0.3 is 5.97 Å². The number of benzene rings is 1. The van der Waals surface area contributed by atoms with Crippen LogP contribution in [0.5, 0.6) is 0 Å². The summed E-state index contributed by atoms with van der Waals surface area (Å²) >= 11 is 0. The number of amides is 2. The van der Waals surface area contributed by atoms with Crippen molar-refractivity contribution in [3.05, 3.63) is 35.9 Å². The van der Waals surface area contributed by atoms with Gasteiger partial charge in [0.1, 0.15) is 18.1 Å². The van der Waals surface area contributed by atoms with Gasteiger partial charge in [-0.25, -0.2) is 4.79 Å². The second kappa shape index (κ2) is 8.99. The van der Waals surface area contributed by atoms with Crippen LogP contribution in [0.4, 0.5) is 0 Å². The first-order valence-corrected chi connectivity index (χ1v) is 7.53. The standard InChI is InChI=1S/C16H23N3O5/c1-9(18-15(22)13(17)10(2)20)14(21)19-12(16(23)24)8-11-6-4-3-5-7-11/h3-7,9-10,12-13,20H,8,17H2,1-2H3,(H,18,22)(H,19,21)(H,23,24). The average molecular weight is 337 g/mol. The first-order chi connectivity index (χ1) is 11.2. The summed E-state index contributed by atoms with van der Waals surface area (Å²) in [6.07, 6.45) is -0.944. The maximum absolute atomic E-state index is 12.1. The molecule has 8 heteroatoms. The number of aliphatic hydroxyl groups excluding tert-OH is 1. The molecule has 0 saturated heterocycles. The molecule has 8 nitrogen and oxygen atoms in total. The lowest BCUT2D eigenvalue weighted by Crippen LogP contribution is -2.55. The number of nitrogens with two attached hydrogens (primary N) is 1. The Kier molecular flexibility index (Phi) is 7.34. The molecule has 1 rings (SSSR count). The molecule has 0 aliphatic rings. The van der Waals surface area contributed by atoms with Gasteiger partial charge in [-0.2, -0.15) is 0 Å². The maximum Gasteiger partial charge on any atom is 0.326 e. The minimum absolute atomic E-state index is 0.121. The number of rotatable bonds is 8. The van der Waals surface area contributed by atoms with Crippen molar-refractivity contribution in [2.45, 2.75) is 44.5 Å². The fraction of sp³-hybridized carbons (Fsp3) is 0.438. The minimum Gasteiger partial charge on any atom is -0.480 e. The maximum atomic E-state index is 12.1. The van der Waals surface area contributed by atoms with E-state index >= 15 is 0 Å². The zero-order chi connectivity index (χ0) is 18.3. The topological polar surface area (TPSA) is 142 Å². The molecule has 6 N–H and O–H groups in total. The summed E-state index contributed by atoms with van der Waals surface area (Å²) in [5.41, 5.74) is 6.23. The molecule has 2 amide bonds. The Bertz CT molecular complexity index is 576. The van der Waals surface area contributed by atoms with Gasteiger partial charge in [0, 0.05) is 6.42 Å². The molecule has 1 aromatic carbocycles. The Hall–Kier alpha value is -2.45. The van der Waals surface area contributed by atoms with Gasteiger partial charge in [0.05, 0.1) is 6.10 Å². The summed E-state index contributed by atoms with van der Waals surface area (Å²) in [6.45, 7) is 2.76. The van der Waals surface area contributed by atoms with Crippen LogP contribution >= 0.6 is 0 Å². The third-order valence-electron chi connectivity index (χ3n) is 3.47. The van der Waals surface area contributed by atoms with Gasteiger partial charge in [0.2, 0.25) is 11.8 Å². The van der Waals surface area contributed by atoms with Crippen LogP contribution in [-0.2, 0) is 20.8 Å². The highest BCUT2D eigenvalue weighted by Gasteiger charge is 2.26. The predicted octanol–water partition coefficient (Wildman–Crippen LogP) is -0.989. The van der Waals surface area contributed by atoms with Gasteiger partial charge in [-0.15, -0.1) is 0 Å². The van der Waals surface area contributed by atoms with Crippen molar-refractivity contribution in [2.24, 2.45) is 5.73 Å². The molecule has 0 radical (unpaired) electrons. The highest BCUT2D eigenvalue weighted by atomic mass is 16.4. The van der Waals surface area contributed by atoms with Gasteiger partial charge in [-0.3, -0.25) is 9.59 Å². The van der Waals surface area contributed by atoms with E-state index in [2.05, 4.69) is 10.6 Å². The predicted molar refractivity (Wildman–Crippen MR) is 87.0 cm³/mol. The van der Waals surface area contributed by atoms with Crippen molar-refractivity contribution in [1.29, 1.82) is 0 Å². The number of hydrogen-bond acceptors (Lipinski definition) is 5. The monoisotopic (exact) mass is 337 g/mol. The third kappa shape index (κ3) is 5.98. The van der Waals surface area contributed by atoms with E-state index in [1.165, 1.54) is 13.8 Å². The van der Waals surface area contributed by atoms with Crippen LogP contribution in [0.1, 0.15) is 19.4 Å². The molecular weight excluding hydrogens is 314 g/mol. The third-order valence-corrected chi connectivity index (χ3v) is 3.47. The molecule has 0 bridgehead atoms. The number of carboxylic acids is 1. The minimum atomic E-state index is -1.17. The molecule has 0 aromatic heterocycles. The SMILES string of the molecule is CC(NC(=O)C(N)C(C)O)C(=O)NC(Cc1ccccc1)C(=O)O. The molecule has 24 heavy (non-hydrogen) atoms. The quantitative estimate of drug-likeness (QED) is 0.412. The van der Waals surface area contributed by atoms with Crippen LogP contribution in [-0.4, -0.2) is 52.2 Å². The van der Waals surface area contributed by atoms with Crippen LogP contribution in [0.25, 0.3) is 0 Å². The second-order valence-electron chi connectivity index (χ2n) is 5.59. The lowest BCUT2D eigenvalue weighted by Gasteiger charge is -2.21. The largest absolute Gasteiger partial charge is 0.480 e. The Balaban J connectivity index is 2.64. The average Bonchev–Trinajstić information content (AvgIpc) is 2.53. The summed E-state index contributed by atoms with van der Waals surface area (Å²) in [5.74, 6) is -2.52. The lowest BCUT2D eigenvalue weighted by molar-refractivity contribution is -0.142. The molecule has 132 valence electrons. The molecule has 1 aromatic rings. The second-order valence-corrected chi connectivity index (χ2v) is 5.59. The van der Waals surface area contributed by atoms with Crippen molar-refractivity contribution >= 4 is 17.8 Å². The fourth-order valence-electron chi connectivity index (χ4n) is 1.94. The number of carboxylic acid groups (broad SMARTS) is 1. The van der Waals surface area contributed by atoms with Crippen LogP contribution in [0.2, 0.25) is 0 Å². The highest BCUT2D eigenvalue weighted by Crippen LogP contribution is 2.04. The van der Waals surface area contributed by atoms with Crippen LogP contribution < -0.4 is 16.4 Å². The summed E-state index contributed by atoms with van der Waals surface area (Å²) in [7, 11) is 0. The zero-order valence-corrected chi connectivity index (χ0v) is 13.6. The zero-order valence-electron chi connectivity index (χ0n) is 13.6. The Morgan fingerprint density at radius 2 is 1.67 bits per heavy atom. The highest BCUT2D eigenvalue weighted by molar-refractivity contribution is 5.91. The van der Waals surface area contributed by atoms with E-state index in [-0.39, 0.29) is 6.42 Å². The van der Waals surface area contributed by atoms with Crippen molar-refractivity contribution in [2.75, 3.05) is 0 Å². The van der Waals surface area contributed by atoms with Gasteiger partial charge in [-0.1, -0.05) is 30.3 Å². The van der Waals surface area contributed by atoms with Crippen LogP contribution in [0.15, 0.2) is 30.3 Å². The molecule has 0 fully saturated rings. The molecule has 0 heterocycles. The van der Waals surface area contributed by atoms with Crippen LogP contribution in [0, 0.1) is 0 Å². The van der Waals surface area contributed by atoms with Crippen molar-refractivity contribution in [1.82, 2.24) is 10.6 Å². The number of aliphatic carboxylic acids is 1. The van der Waals surface area contributed by atoms with E-state index in [0.29, 0.717) is 0 Å². The molecule has 0 spiro atoms. The molecule has 4 atom stereocenters. The Morgan fingerprint density at radius 3 is 2.17 bits per heavy atom. The number of carbonyl (C=O) groups is 3. The van der Waals surface area contributed by atoms with E-state index in [1.807, 2.05) is 0 Å². The summed E-state index contributed by atoms with van der Waals surface area (Å²) in [6, 6.07) is 5.60. The van der Waals surface area contributed by atoms with Crippen LogP contribution in [0.3, 0.4) is 0 Å². The smallest absolute Gasteiger partial charge is 0.326 e. The number of hydrogen-bond donors (Lipinski definition) is 5.